The van der Waals surface area contributed by atoms with Crippen LogP contribution < -0.4 is 0 Å². The highest BCUT2D eigenvalue weighted by Gasteiger charge is 2.08. The van der Waals surface area contributed by atoms with E-state index in [0.717, 1.165) is 15.9 Å². The lowest BCUT2D eigenvalue weighted by Gasteiger charge is -2.09. The summed E-state index contributed by atoms with van der Waals surface area (Å²) in [4.78, 5) is 4.37. The van der Waals surface area contributed by atoms with E-state index in [2.05, 4.69) is 20.9 Å². The molecule has 4 heteroatoms. The Bertz CT molecular complexity index is 737. The molecule has 0 saturated heterocycles. The van der Waals surface area contributed by atoms with Crippen molar-refractivity contribution in [3.63, 3.8) is 0 Å². The third-order valence-electron chi connectivity index (χ3n) is 3.10. The van der Waals surface area contributed by atoms with Crippen molar-refractivity contribution in [3.8, 4) is 11.4 Å². The molecular formula is C16H12BrFN2. The normalized spacial score (nSPS) is 10.7. The van der Waals surface area contributed by atoms with Crippen molar-refractivity contribution in [2.45, 2.75) is 6.54 Å². The van der Waals surface area contributed by atoms with Crippen LogP contribution in [0.5, 0.6) is 0 Å². The topological polar surface area (TPSA) is 17.8 Å². The van der Waals surface area contributed by atoms with E-state index >= 15 is 0 Å². The first kappa shape index (κ1) is 13.1. The molecular weight excluding hydrogens is 319 g/mol. The van der Waals surface area contributed by atoms with Crippen LogP contribution in [-0.4, -0.2) is 9.55 Å². The molecule has 0 bridgehead atoms. The highest BCUT2D eigenvalue weighted by atomic mass is 79.9. The first-order valence-electron chi connectivity index (χ1n) is 6.24. The van der Waals surface area contributed by atoms with Crippen molar-refractivity contribution in [1.29, 1.82) is 0 Å². The molecule has 0 radical (unpaired) electrons. The summed E-state index contributed by atoms with van der Waals surface area (Å²) in [6.45, 7) is 0.467. The zero-order chi connectivity index (χ0) is 13.9. The van der Waals surface area contributed by atoms with Gasteiger partial charge >= 0.3 is 0 Å². The first-order valence-corrected chi connectivity index (χ1v) is 7.04. The lowest BCUT2D eigenvalue weighted by Crippen LogP contribution is -2.03. The Labute approximate surface area is 125 Å². The third-order valence-corrected chi connectivity index (χ3v) is 3.59. The highest BCUT2D eigenvalue weighted by Crippen LogP contribution is 2.22. The third kappa shape index (κ3) is 2.65. The molecule has 0 unspecified atom stereocenters. The second-order valence-corrected chi connectivity index (χ2v) is 5.40. The summed E-state index contributed by atoms with van der Waals surface area (Å²) in [5.41, 5.74) is 1.66. The number of rotatable bonds is 3. The largest absolute Gasteiger partial charge is 0.326 e. The zero-order valence-electron chi connectivity index (χ0n) is 10.6. The molecule has 100 valence electrons. The van der Waals surface area contributed by atoms with Crippen molar-refractivity contribution < 1.29 is 4.39 Å². The fraction of sp³-hybridized carbons (Fsp3) is 0.0625. The molecule has 1 aromatic heterocycles. The zero-order valence-corrected chi connectivity index (χ0v) is 12.2. The minimum atomic E-state index is -0.193. The summed E-state index contributed by atoms with van der Waals surface area (Å²) < 4.78 is 16.7. The van der Waals surface area contributed by atoms with E-state index in [4.69, 9.17) is 0 Å². The van der Waals surface area contributed by atoms with Gasteiger partial charge in [-0.05, 0) is 18.2 Å². The quantitative estimate of drug-likeness (QED) is 0.691. The fourth-order valence-electron chi connectivity index (χ4n) is 2.13. The molecule has 20 heavy (non-hydrogen) atoms. The molecule has 0 fully saturated rings. The van der Waals surface area contributed by atoms with Crippen LogP contribution in [0.4, 0.5) is 4.39 Å². The summed E-state index contributed by atoms with van der Waals surface area (Å²) in [5, 5.41) is 0. The Morgan fingerprint density at radius 3 is 2.75 bits per heavy atom. The van der Waals surface area contributed by atoms with E-state index in [1.807, 2.05) is 41.1 Å². The monoisotopic (exact) mass is 330 g/mol. The summed E-state index contributed by atoms with van der Waals surface area (Å²) >= 11 is 3.45. The van der Waals surface area contributed by atoms with Gasteiger partial charge in [0.2, 0.25) is 0 Å². The standard InChI is InChI=1S/C16H12BrFN2/c17-14-6-3-5-12(10-14)16-19-8-9-20(16)11-13-4-1-2-7-15(13)18/h1-10H,11H2. The van der Waals surface area contributed by atoms with Crippen molar-refractivity contribution in [1.82, 2.24) is 9.55 Å². The average molecular weight is 331 g/mol. The van der Waals surface area contributed by atoms with E-state index in [-0.39, 0.29) is 5.82 Å². The van der Waals surface area contributed by atoms with Gasteiger partial charge in [0.05, 0.1) is 6.54 Å². The molecule has 0 aliphatic carbocycles. The number of hydrogen-bond acceptors (Lipinski definition) is 1. The van der Waals surface area contributed by atoms with Crippen LogP contribution >= 0.6 is 15.9 Å². The van der Waals surface area contributed by atoms with Crippen LogP contribution in [0.25, 0.3) is 11.4 Å². The Morgan fingerprint density at radius 1 is 1.10 bits per heavy atom. The van der Waals surface area contributed by atoms with Crippen LogP contribution in [0, 0.1) is 5.82 Å². The summed E-state index contributed by atoms with van der Waals surface area (Å²) in [6.07, 6.45) is 3.60. The lowest BCUT2D eigenvalue weighted by molar-refractivity contribution is 0.600. The van der Waals surface area contributed by atoms with E-state index in [0.29, 0.717) is 12.1 Å². The molecule has 2 nitrogen and oxygen atoms in total. The summed E-state index contributed by atoms with van der Waals surface area (Å²) in [5.74, 6) is 0.635. The van der Waals surface area contributed by atoms with Gasteiger partial charge in [-0.25, -0.2) is 9.37 Å². The van der Waals surface area contributed by atoms with Crippen molar-refractivity contribution in [3.05, 3.63) is 76.8 Å². The van der Waals surface area contributed by atoms with Gasteiger partial charge in [-0.3, -0.25) is 0 Å². The Morgan fingerprint density at radius 2 is 1.95 bits per heavy atom. The van der Waals surface area contributed by atoms with Gasteiger partial charge in [-0.15, -0.1) is 0 Å². The van der Waals surface area contributed by atoms with E-state index in [1.54, 1.807) is 18.3 Å². The van der Waals surface area contributed by atoms with Gasteiger partial charge in [0, 0.05) is 28.0 Å². The number of halogens is 2. The predicted octanol–water partition coefficient (Wildman–Crippen LogP) is 4.50. The van der Waals surface area contributed by atoms with Crippen molar-refractivity contribution >= 4 is 15.9 Å². The minimum absolute atomic E-state index is 0.193. The maximum atomic E-state index is 13.7. The summed E-state index contributed by atoms with van der Waals surface area (Å²) in [7, 11) is 0. The lowest BCUT2D eigenvalue weighted by atomic mass is 10.2. The molecule has 0 aliphatic rings. The molecule has 0 aliphatic heterocycles. The fourth-order valence-corrected chi connectivity index (χ4v) is 2.53. The molecule has 3 aromatic rings. The van der Waals surface area contributed by atoms with Crippen LogP contribution in [0.2, 0.25) is 0 Å². The number of benzene rings is 2. The molecule has 0 amide bonds. The van der Waals surface area contributed by atoms with Crippen LogP contribution in [0.1, 0.15) is 5.56 Å². The molecule has 1 heterocycles. The molecule has 0 saturated carbocycles. The first-order chi connectivity index (χ1) is 9.74. The van der Waals surface area contributed by atoms with Crippen LogP contribution in [-0.2, 0) is 6.54 Å². The maximum Gasteiger partial charge on any atom is 0.140 e. The molecule has 2 aromatic carbocycles. The van der Waals surface area contributed by atoms with Gasteiger partial charge in [0.1, 0.15) is 11.6 Å². The smallest absolute Gasteiger partial charge is 0.140 e. The van der Waals surface area contributed by atoms with Crippen molar-refractivity contribution in [2.75, 3.05) is 0 Å². The summed E-state index contributed by atoms with van der Waals surface area (Å²) in [6, 6.07) is 14.7. The second-order valence-electron chi connectivity index (χ2n) is 4.48. The van der Waals surface area contributed by atoms with Gasteiger partial charge < -0.3 is 4.57 Å². The van der Waals surface area contributed by atoms with E-state index in [1.165, 1.54) is 6.07 Å². The Hall–Kier alpha value is -1.94. The van der Waals surface area contributed by atoms with E-state index < -0.39 is 0 Å². The van der Waals surface area contributed by atoms with E-state index in [9.17, 15) is 4.39 Å². The molecule has 3 rings (SSSR count). The molecule has 0 atom stereocenters. The maximum absolute atomic E-state index is 13.7. The SMILES string of the molecule is Fc1ccccc1Cn1ccnc1-c1cccc(Br)c1. The Kier molecular flexibility index (Phi) is 3.65. The number of imidazole rings is 1. The minimum Gasteiger partial charge on any atom is -0.326 e. The average Bonchev–Trinajstić information content (AvgIpc) is 2.90. The van der Waals surface area contributed by atoms with Crippen molar-refractivity contribution in [2.24, 2.45) is 0 Å². The van der Waals surface area contributed by atoms with Gasteiger partial charge in [0.15, 0.2) is 0 Å². The van der Waals surface area contributed by atoms with Crippen LogP contribution in [0.15, 0.2) is 65.4 Å². The Balaban J connectivity index is 1.97. The molecule has 0 N–H and O–H groups in total. The van der Waals surface area contributed by atoms with Crippen LogP contribution in [0.3, 0.4) is 0 Å². The van der Waals surface area contributed by atoms with Gasteiger partial charge in [-0.2, -0.15) is 0 Å². The number of aromatic nitrogens is 2. The predicted molar refractivity (Wildman–Crippen MR) is 80.9 cm³/mol. The molecule has 0 spiro atoms. The van der Waals surface area contributed by atoms with Gasteiger partial charge in [-0.1, -0.05) is 46.3 Å². The highest BCUT2D eigenvalue weighted by molar-refractivity contribution is 9.10. The number of hydrogen-bond donors (Lipinski definition) is 0. The number of nitrogens with zero attached hydrogens (tertiary/aromatic N) is 2. The second kappa shape index (κ2) is 5.59. The van der Waals surface area contributed by atoms with Gasteiger partial charge in [0.25, 0.3) is 0 Å².